The highest BCUT2D eigenvalue weighted by atomic mass is 16.7. The summed E-state index contributed by atoms with van der Waals surface area (Å²) in [5.41, 5.74) is 3.88. The summed E-state index contributed by atoms with van der Waals surface area (Å²) < 4.78 is 11.6. The van der Waals surface area contributed by atoms with Gasteiger partial charge in [-0.05, 0) is 95.2 Å². The predicted molar refractivity (Wildman–Crippen MR) is 143 cm³/mol. The molecule has 0 unspecified atom stereocenters. The van der Waals surface area contributed by atoms with Gasteiger partial charge in [-0.1, -0.05) is 11.2 Å². The van der Waals surface area contributed by atoms with E-state index >= 15 is 0 Å². The molecule has 3 aliphatic heterocycles. The number of hydrogen-bond donors (Lipinski definition) is 0. The first-order chi connectivity index (χ1) is 17.8. The molecule has 2 saturated heterocycles. The molecule has 3 heterocycles. The molecule has 2 aliphatic carbocycles. The summed E-state index contributed by atoms with van der Waals surface area (Å²) in [5.74, 6) is 3.55. The predicted octanol–water partition coefficient (Wildman–Crippen LogP) is 5.18. The van der Waals surface area contributed by atoms with Crippen LogP contribution in [0.5, 0.6) is 5.75 Å². The van der Waals surface area contributed by atoms with Gasteiger partial charge in [-0.25, -0.2) is 0 Å². The lowest BCUT2D eigenvalue weighted by Gasteiger charge is -2.46. The lowest BCUT2D eigenvalue weighted by molar-refractivity contribution is -0.156. The van der Waals surface area contributed by atoms with Gasteiger partial charge in [0, 0.05) is 38.3 Å². The average molecular weight is 510 g/mol. The van der Waals surface area contributed by atoms with Crippen LogP contribution in [0.4, 0.5) is 0 Å². The van der Waals surface area contributed by atoms with Gasteiger partial charge in [0.25, 0.3) is 0 Å². The maximum Gasteiger partial charge on any atom is 0.311 e. The summed E-state index contributed by atoms with van der Waals surface area (Å²) in [6.07, 6.45) is 7.93. The van der Waals surface area contributed by atoms with Crippen LogP contribution >= 0.6 is 0 Å². The summed E-state index contributed by atoms with van der Waals surface area (Å²) in [4.78, 5) is 23.2. The van der Waals surface area contributed by atoms with E-state index in [1.807, 2.05) is 13.8 Å². The molecule has 1 aromatic carbocycles. The zero-order valence-electron chi connectivity index (χ0n) is 23.1. The first-order valence-corrected chi connectivity index (χ1v) is 14.5. The Kier molecular flexibility index (Phi) is 6.41. The highest BCUT2D eigenvalue weighted by molar-refractivity contribution is 5.85. The summed E-state index contributed by atoms with van der Waals surface area (Å²) in [5, 5.41) is 4.52. The molecule has 0 amide bonds. The van der Waals surface area contributed by atoms with Crippen LogP contribution in [-0.4, -0.2) is 66.1 Å². The molecule has 7 nitrogen and oxygen atoms in total. The Morgan fingerprint density at radius 3 is 2.35 bits per heavy atom. The van der Waals surface area contributed by atoms with E-state index in [1.165, 1.54) is 31.2 Å². The monoisotopic (exact) mass is 509 g/mol. The van der Waals surface area contributed by atoms with Crippen LogP contribution in [0.2, 0.25) is 0 Å². The van der Waals surface area contributed by atoms with Gasteiger partial charge in [-0.2, -0.15) is 0 Å². The van der Waals surface area contributed by atoms with Gasteiger partial charge < -0.3 is 19.2 Å². The standard InChI is InChI=1S/C30H43N3O4/c1-5-35-28(34)29(4)10-12-33(13-11-29)27-16-30(37-31-27)18-32(19-30)17-23-14-24(21-6-7-21)25(22-8-9-22)15-26(23)36-20(2)3/h14-15,20-22H,5-13,16-19H2,1-4H3. The second-order valence-corrected chi connectivity index (χ2v) is 12.7. The number of carbonyl (C=O) groups excluding carboxylic acids is 1. The molecular formula is C30H43N3O4. The Morgan fingerprint density at radius 1 is 1.11 bits per heavy atom. The number of hydrogen-bond acceptors (Lipinski definition) is 7. The van der Waals surface area contributed by atoms with Crippen molar-refractivity contribution in [2.45, 2.75) is 103 Å². The zero-order chi connectivity index (χ0) is 25.8. The van der Waals surface area contributed by atoms with E-state index in [2.05, 4.69) is 40.9 Å². The first kappa shape index (κ1) is 25.0. The number of oxime groups is 1. The molecule has 7 heteroatoms. The molecule has 0 bridgehead atoms. The van der Waals surface area contributed by atoms with Crippen molar-refractivity contribution in [3.8, 4) is 5.75 Å². The summed E-state index contributed by atoms with van der Waals surface area (Å²) in [7, 11) is 0. The summed E-state index contributed by atoms with van der Waals surface area (Å²) in [6, 6.07) is 4.85. The van der Waals surface area contributed by atoms with Gasteiger partial charge in [0.15, 0.2) is 5.60 Å². The van der Waals surface area contributed by atoms with Crippen molar-refractivity contribution in [3.63, 3.8) is 0 Å². The lowest BCUT2D eigenvalue weighted by atomic mass is 9.80. The van der Waals surface area contributed by atoms with Gasteiger partial charge in [0.1, 0.15) is 11.6 Å². The molecule has 2 saturated carbocycles. The topological polar surface area (TPSA) is 63.6 Å². The number of benzene rings is 1. The highest BCUT2D eigenvalue weighted by Gasteiger charge is 2.51. The largest absolute Gasteiger partial charge is 0.491 e. The second-order valence-electron chi connectivity index (χ2n) is 12.7. The molecule has 202 valence electrons. The van der Waals surface area contributed by atoms with E-state index in [0.29, 0.717) is 6.61 Å². The smallest absolute Gasteiger partial charge is 0.311 e. The minimum Gasteiger partial charge on any atom is -0.491 e. The Balaban J connectivity index is 1.07. The maximum atomic E-state index is 12.4. The van der Waals surface area contributed by atoms with Crippen molar-refractivity contribution in [1.82, 2.24) is 9.80 Å². The van der Waals surface area contributed by atoms with E-state index in [1.54, 1.807) is 11.1 Å². The third-order valence-corrected chi connectivity index (χ3v) is 8.91. The molecule has 6 rings (SSSR count). The number of amidine groups is 1. The van der Waals surface area contributed by atoms with Crippen molar-refractivity contribution in [2.24, 2.45) is 10.6 Å². The molecule has 0 aromatic heterocycles. The molecule has 4 fully saturated rings. The molecule has 37 heavy (non-hydrogen) atoms. The van der Waals surface area contributed by atoms with E-state index in [4.69, 9.17) is 14.3 Å². The van der Waals surface area contributed by atoms with Crippen molar-refractivity contribution in [1.29, 1.82) is 0 Å². The van der Waals surface area contributed by atoms with Gasteiger partial charge in [0.05, 0.1) is 24.5 Å². The van der Waals surface area contributed by atoms with Crippen molar-refractivity contribution in [3.05, 3.63) is 28.8 Å². The number of piperidine rings is 1. The second kappa shape index (κ2) is 9.48. The van der Waals surface area contributed by atoms with Crippen LogP contribution < -0.4 is 4.74 Å². The van der Waals surface area contributed by atoms with Crippen LogP contribution in [0.1, 0.15) is 101 Å². The third-order valence-electron chi connectivity index (χ3n) is 8.91. The van der Waals surface area contributed by atoms with Crippen LogP contribution in [0.25, 0.3) is 0 Å². The lowest BCUT2D eigenvalue weighted by Crippen LogP contribution is -2.61. The Labute approximate surface area is 221 Å². The fourth-order valence-corrected chi connectivity index (χ4v) is 6.37. The van der Waals surface area contributed by atoms with Gasteiger partial charge >= 0.3 is 5.97 Å². The van der Waals surface area contributed by atoms with Gasteiger partial charge in [-0.3, -0.25) is 9.69 Å². The minimum absolute atomic E-state index is 0.0683. The van der Waals surface area contributed by atoms with Crippen LogP contribution in [-0.2, 0) is 20.9 Å². The average Bonchev–Trinajstić information content (AvgIpc) is 3.77. The number of nitrogens with zero attached hydrogens (tertiary/aromatic N) is 3. The fraction of sp³-hybridized carbons (Fsp3) is 0.733. The molecule has 5 aliphatic rings. The van der Waals surface area contributed by atoms with Crippen LogP contribution in [0.15, 0.2) is 17.3 Å². The number of carbonyl (C=O) groups is 1. The maximum absolute atomic E-state index is 12.4. The number of likely N-dealkylation sites (tertiary alicyclic amines) is 2. The SMILES string of the molecule is CCOC(=O)C1(C)CCN(C2=NOC3(C2)CN(Cc2cc(C4CC4)c(C4CC4)cc2OC(C)C)C3)CC1. The molecule has 0 atom stereocenters. The molecular weight excluding hydrogens is 466 g/mol. The quantitative estimate of drug-likeness (QED) is 0.450. The number of esters is 1. The van der Waals surface area contributed by atoms with Gasteiger partial charge in [-0.15, -0.1) is 0 Å². The fourth-order valence-electron chi connectivity index (χ4n) is 6.37. The van der Waals surface area contributed by atoms with E-state index < -0.39 is 0 Å². The zero-order valence-corrected chi connectivity index (χ0v) is 23.1. The number of ether oxygens (including phenoxy) is 2. The summed E-state index contributed by atoms with van der Waals surface area (Å²) in [6.45, 7) is 12.9. The highest BCUT2D eigenvalue weighted by Crippen LogP contribution is 2.51. The van der Waals surface area contributed by atoms with Crippen molar-refractivity contribution in [2.75, 3.05) is 32.8 Å². The Hall–Kier alpha value is -2.28. The van der Waals surface area contributed by atoms with Crippen LogP contribution in [0.3, 0.4) is 0 Å². The van der Waals surface area contributed by atoms with E-state index in [0.717, 1.165) is 75.4 Å². The third kappa shape index (κ3) is 5.08. The molecule has 0 N–H and O–H groups in total. The molecule has 1 aromatic rings. The van der Waals surface area contributed by atoms with Crippen molar-refractivity contribution >= 4 is 11.8 Å². The van der Waals surface area contributed by atoms with Gasteiger partial charge in [0.2, 0.25) is 0 Å². The molecule has 1 spiro atoms. The number of rotatable bonds is 8. The Bertz CT molecular complexity index is 1060. The first-order valence-electron chi connectivity index (χ1n) is 14.5. The van der Waals surface area contributed by atoms with E-state index in [-0.39, 0.29) is 23.1 Å². The summed E-state index contributed by atoms with van der Waals surface area (Å²) >= 11 is 0. The molecule has 0 radical (unpaired) electrons. The Morgan fingerprint density at radius 2 is 1.76 bits per heavy atom. The minimum atomic E-state index is -0.387. The normalized spacial score (nSPS) is 24.6. The van der Waals surface area contributed by atoms with Crippen molar-refractivity contribution < 1.29 is 19.1 Å². The van der Waals surface area contributed by atoms with Crippen LogP contribution in [0, 0.1) is 5.41 Å². The van der Waals surface area contributed by atoms with E-state index in [9.17, 15) is 4.79 Å².